The van der Waals surface area contributed by atoms with Gasteiger partial charge in [-0.05, 0) is 12.1 Å². The molecule has 1 aromatic carbocycles. The van der Waals surface area contributed by atoms with Crippen molar-refractivity contribution in [3.05, 3.63) is 64.1 Å². The fourth-order valence-electron chi connectivity index (χ4n) is 3.22. The Hall–Kier alpha value is -3.01. The number of anilines is 1. The number of amides is 1. The van der Waals surface area contributed by atoms with Crippen molar-refractivity contribution in [1.82, 2.24) is 14.5 Å². The SMILES string of the molecule is Cn1ccnc1-c1sc(NC(=O)C2CC(c3ccc(Cl)s3)=NO2)nc1-c1ccccc1. The Morgan fingerprint density at radius 1 is 1.23 bits per heavy atom. The first kappa shape index (κ1) is 19.9. The molecule has 1 atom stereocenters. The molecule has 1 N–H and O–H groups in total. The molecule has 0 fully saturated rings. The number of aromatic nitrogens is 3. The largest absolute Gasteiger partial charge is 0.382 e. The zero-order chi connectivity index (χ0) is 21.4. The summed E-state index contributed by atoms with van der Waals surface area (Å²) in [6.45, 7) is 0. The molecule has 7 nitrogen and oxygen atoms in total. The van der Waals surface area contributed by atoms with Crippen LogP contribution in [0.2, 0.25) is 4.34 Å². The Bertz CT molecular complexity index is 1280. The maximum Gasteiger partial charge on any atom is 0.270 e. The highest BCUT2D eigenvalue weighted by Crippen LogP contribution is 2.38. The molecule has 0 spiro atoms. The van der Waals surface area contributed by atoms with Crippen LogP contribution in [0.15, 0.2) is 60.0 Å². The van der Waals surface area contributed by atoms with Gasteiger partial charge in [0.25, 0.3) is 5.91 Å². The summed E-state index contributed by atoms with van der Waals surface area (Å²) < 4.78 is 2.60. The van der Waals surface area contributed by atoms with Crippen LogP contribution in [0.5, 0.6) is 0 Å². The molecule has 3 aromatic heterocycles. The average molecular weight is 470 g/mol. The van der Waals surface area contributed by atoms with Gasteiger partial charge in [-0.2, -0.15) is 0 Å². The topological polar surface area (TPSA) is 81.4 Å². The molecular weight excluding hydrogens is 454 g/mol. The molecule has 31 heavy (non-hydrogen) atoms. The Kier molecular flexibility index (Phi) is 5.31. The molecule has 1 unspecified atom stereocenters. The zero-order valence-corrected chi connectivity index (χ0v) is 18.7. The molecule has 0 bridgehead atoms. The van der Waals surface area contributed by atoms with Crippen molar-refractivity contribution in [2.24, 2.45) is 12.2 Å². The summed E-state index contributed by atoms with van der Waals surface area (Å²) in [4.78, 5) is 29.1. The lowest BCUT2D eigenvalue weighted by Gasteiger charge is -2.06. The van der Waals surface area contributed by atoms with E-state index in [0.717, 1.165) is 32.5 Å². The molecule has 0 saturated carbocycles. The molecule has 5 rings (SSSR count). The third-order valence-corrected chi connectivity index (χ3v) is 6.99. The van der Waals surface area contributed by atoms with E-state index in [1.54, 1.807) is 12.3 Å². The minimum absolute atomic E-state index is 0.291. The molecule has 1 aliphatic rings. The van der Waals surface area contributed by atoms with E-state index in [9.17, 15) is 4.79 Å². The highest BCUT2D eigenvalue weighted by molar-refractivity contribution is 7.19. The van der Waals surface area contributed by atoms with Crippen molar-refractivity contribution in [2.75, 3.05) is 5.32 Å². The predicted molar refractivity (Wildman–Crippen MR) is 124 cm³/mol. The van der Waals surface area contributed by atoms with Crippen LogP contribution in [-0.4, -0.2) is 32.3 Å². The van der Waals surface area contributed by atoms with Crippen molar-refractivity contribution in [1.29, 1.82) is 0 Å². The van der Waals surface area contributed by atoms with Gasteiger partial charge >= 0.3 is 0 Å². The number of rotatable bonds is 5. The molecular formula is C21H16ClN5O2S2. The first-order chi connectivity index (χ1) is 15.1. The second-order valence-electron chi connectivity index (χ2n) is 6.85. The van der Waals surface area contributed by atoms with E-state index in [4.69, 9.17) is 21.4 Å². The number of carbonyl (C=O) groups excluding carboxylic acids is 1. The van der Waals surface area contributed by atoms with Crippen molar-refractivity contribution < 1.29 is 9.63 Å². The number of thiophene rings is 1. The van der Waals surface area contributed by atoms with Crippen molar-refractivity contribution in [2.45, 2.75) is 12.5 Å². The summed E-state index contributed by atoms with van der Waals surface area (Å²) in [5.74, 6) is 0.496. The van der Waals surface area contributed by atoms with Crippen LogP contribution in [0.25, 0.3) is 22.0 Å². The summed E-state index contributed by atoms with van der Waals surface area (Å²) in [5.41, 5.74) is 2.44. The minimum atomic E-state index is -0.712. The van der Waals surface area contributed by atoms with Crippen LogP contribution in [0, 0.1) is 0 Å². The van der Waals surface area contributed by atoms with Crippen LogP contribution < -0.4 is 5.32 Å². The highest BCUT2D eigenvalue weighted by atomic mass is 35.5. The van der Waals surface area contributed by atoms with Gasteiger partial charge in [0.15, 0.2) is 11.0 Å². The minimum Gasteiger partial charge on any atom is -0.382 e. The third kappa shape index (κ3) is 3.99. The number of halogens is 1. The number of hydrogen-bond acceptors (Lipinski definition) is 7. The molecule has 156 valence electrons. The lowest BCUT2D eigenvalue weighted by atomic mass is 10.1. The Balaban J connectivity index is 1.38. The van der Waals surface area contributed by atoms with E-state index in [1.807, 2.05) is 54.2 Å². The average Bonchev–Trinajstić information content (AvgIpc) is 3.55. The van der Waals surface area contributed by atoms with E-state index in [1.165, 1.54) is 22.7 Å². The quantitative estimate of drug-likeness (QED) is 0.443. The van der Waals surface area contributed by atoms with Crippen LogP contribution in [0.1, 0.15) is 11.3 Å². The van der Waals surface area contributed by atoms with Gasteiger partial charge in [0.2, 0.25) is 6.10 Å². The van der Waals surface area contributed by atoms with E-state index in [2.05, 4.69) is 15.5 Å². The molecule has 4 heterocycles. The van der Waals surface area contributed by atoms with Gasteiger partial charge in [0, 0.05) is 31.4 Å². The zero-order valence-electron chi connectivity index (χ0n) is 16.3. The predicted octanol–water partition coefficient (Wildman–Crippen LogP) is 5.06. The highest BCUT2D eigenvalue weighted by Gasteiger charge is 2.30. The number of hydrogen-bond donors (Lipinski definition) is 1. The monoisotopic (exact) mass is 469 g/mol. The second-order valence-corrected chi connectivity index (χ2v) is 9.57. The van der Waals surface area contributed by atoms with Crippen molar-refractivity contribution in [3.8, 4) is 22.0 Å². The molecule has 0 aliphatic carbocycles. The summed E-state index contributed by atoms with van der Waals surface area (Å²) in [6, 6.07) is 13.5. The van der Waals surface area contributed by atoms with Gasteiger partial charge in [-0.15, -0.1) is 11.3 Å². The normalized spacial score (nSPS) is 15.5. The van der Waals surface area contributed by atoms with Crippen molar-refractivity contribution in [3.63, 3.8) is 0 Å². The number of imidazole rings is 1. The molecule has 1 aliphatic heterocycles. The molecule has 4 aromatic rings. The van der Waals surface area contributed by atoms with Gasteiger partial charge in [0.1, 0.15) is 5.71 Å². The Morgan fingerprint density at radius 3 is 2.77 bits per heavy atom. The second kappa shape index (κ2) is 8.26. The fourth-order valence-corrected chi connectivity index (χ4v) is 5.28. The first-order valence-corrected chi connectivity index (χ1v) is 11.4. The van der Waals surface area contributed by atoms with Gasteiger partial charge in [-0.1, -0.05) is 58.4 Å². The molecule has 0 radical (unpaired) electrons. The van der Waals surface area contributed by atoms with Crippen LogP contribution in [0.3, 0.4) is 0 Å². The van der Waals surface area contributed by atoms with E-state index in [-0.39, 0.29) is 5.91 Å². The fraction of sp³-hybridized carbons (Fsp3) is 0.143. The number of thiazole rings is 1. The van der Waals surface area contributed by atoms with E-state index < -0.39 is 6.10 Å². The number of aryl methyl sites for hydroxylation is 1. The standard InChI is InChI=1S/C21H16ClN5O2S2/c1-27-10-9-23-19(27)18-17(12-5-3-2-4-6-12)24-21(31-18)25-20(28)14-11-13(26-29-14)15-7-8-16(22)30-15/h2-10,14H,11H2,1H3,(H,24,25,28). The van der Waals surface area contributed by atoms with Crippen LogP contribution in [0.4, 0.5) is 5.13 Å². The maximum atomic E-state index is 12.8. The molecule has 10 heteroatoms. The van der Waals surface area contributed by atoms with Gasteiger partial charge < -0.3 is 9.40 Å². The number of nitrogens with one attached hydrogen (secondary N) is 1. The molecule has 1 amide bonds. The van der Waals surface area contributed by atoms with Crippen LogP contribution >= 0.6 is 34.3 Å². The summed E-state index contributed by atoms with van der Waals surface area (Å²) in [5, 5.41) is 7.43. The summed E-state index contributed by atoms with van der Waals surface area (Å²) >= 11 is 8.78. The molecule has 0 saturated heterocycles. The number of carbonyl (C=O) groups is 1. The lowest BCUT2D eigenvalue weighted by Crippen LogP contribution is -2.27. The van der Waals surface area contributed by atoms with E-state index >= 15 is 0 Å². The summed E-state index contributed by atoms with van der Waals surface area (Å²) in [6.07, 6.45) is 3.29. The summed E-state index contributed by atoms with van der Waals surface area (Å²) in [7, 11) is 1.93. The van der Waals surface area contributed by atoms with Gasteiger partial charge in [0.05, 0.1) is 19.8 Å². The first-order valence-electron chi connectivity index (χ1n) is 9.41. The third-order valence-electron chi connectivity index (χ3n) is 4.75. The van der Waals surface area contributed by atoms with Crippen LogP contribution in [-0.2, 0) is 16.7 Å². The number of nitrogens with zero attached hydrogens (tertiary/aromatic N) is 4. The van der Waals surface area contributed by atoms with E-state index in [0.29, 0.717) is 15.9 Å². The number of benzene rings is 1. The smallest absolute Gasteiger partial charge is 0.270 e. The maximum absolute atomic E-state index is 12.8. The van der Waals surface area contributed by atoms with Gasteiger partial charge in [-0.3, -0.25) is 10.1 Å². The van der Waals surface area contributed by atoms with Gasteiger partial charge in [-0.25, -0.2) is 9.97 Å². The lowest BCUT2D eigenvalue weighted by molar-refractivity contribution is -0.125. The Morgan fingerprint density at radius 2 is 2.06 bits per heavy atom. The Labute approximate surface area is 191 Å². The number of oxime groups is 1. The van der Waals surface area contributed by atoms with Crippen molar-refractivity contribution >= 4 is 51.0 Å².